The van der Waals surface area contributed by atoms with E-state index < -0.39 is 0 Å². The highest BCUT2D eigenvalue weighted by molar-refractivity contribution is 7.10. The van der Waals surface area contributed by atoms with Gasteiger partial charge in [-0.05, 0) is 18.5 Å². The summed E-state index contributed by atoms with van der Waals surface area (Å²) in [5.74, 6) is 0. The molecule has 2 aromatic heterocycles. The van der Waals surface area contributed by atoms with Gasteiger partial charge in [0.2, 0.25) is 0 Å². The molecule has 23 heavy (non-hydrogen) atoms. The van der Waals surface area contributed by atoms with Crippen LogP contribution in [0.15, 0.2) is 29.9 Å². The Hall–Kier alpha value is -1.90. The van der Waals surface area contributed by atoms with Crippen molar-refractivity contribution in [2.24, 2.45) is 0 Å². The second-order valence-corrected chi connectivity index (χ2v) is 6.67. The minimum Gasteiger partial charge on any atom is -0.336 e. The van der Waals surface area contributed by atoms with Crippen LogP contribution in [0, 0.1) is 0 Å². The van der Waals surface area contributed by atoms with Gasteiger partial charge in [0.25, 0.3) is 0 Å². The Morgan fingerprint density at radius 1 is 1.43 bits per heavy atom. The fourth-order valence-corrected chi connectivity index (χ4v) is 3.57. The molecule has 1 saturated heterocycles. The van der Waals surface area contributed by atoms with Crippen molar-refractivity contribution in [2.45, 2.75) is 6.04 Å². The molecular formula is C15H22N6OS. The predicted octanol–water partition coefficient (Wildman–Crippen LogP) is 1.58. The third kappa shape index (κ3) is 4.31. The summed E-state index contributed by atoms with van der Waals surface area (Å²) >= 11 is 1.74. The molecule has 2 aromatic rings. The van der Waals surface area contributed by atoms with Gasteiger partial charge in [-0.25, -0.2) is 4.79 Å². The van der Waals surface area contributed by atoms with Gasteiger partial charge in [0.1, 0.15) is 0 Å². The summed E-state index contributed by atoms with van der Waals surface area (Å²) in [5, 5.41) is 14.3. The number of H-pyrrole nitrogens is 1. The minimum absolute atomic E-state index is 0.206. The molecule has 0 spiro atoms. The van der Waals surface area contributed by atoms with E-state index in [0.29, 0.717) is 12.2 Å². The average molecular weight is 334 g/mol. The standard InChI is InChI=1S/C15H22N6OS/c1-20-4-6-21(7-5-20)13(14-3-2-8-23-14)11-16-15(22)19-12-9-17-18-10-12/h2-3,8-10,13H,4-7,11H2,1H3,(H,17,18)(H2,16,19,22)/t13-/m0/s1. The van der Waals surface area contributed by atoms with Gasteiger partial charge in [-0.2, -0.15) is 5.10 Å². The molecule has 0 aliphatic carbocycles. The molecule has 124 valence electrons. The second-order valence-electron chi connectivity index (χ2n) is 5.69. The predicted molar refractivity (Wildman–Crippen MR) is 91.7 cm³/mol. The number of aromatic nitrogens is 2. The van der Waals surface area contributed by atoms with Gasteiger partial charge in [-0.1, -0.05) is 6.07 Å². The van der Waals surface area contributed by atoms with Gasteiger partial charge >= 0.3 is 6.03 Å². The summed E-state index contributed by atoms with van der Waals surface area (Å²) in [6.45, 7) is 4.74. The maximum Gasteiger partial charge on any atom is 0.319 e. The van der Waals surface area contributed by atoms with Crippen LogP contribution in [0.1, 0.15) is 10.9 Å². The highest BCUT2D eigenvalue weighted by atomic mass is 32.1. The van der Waals surface area contributed by atoms with Crippen molar-refractivity contribution in [1.29, 1.82) is 0 Å². The average Bonchev–Trinajstić information content (AvgIpc) is 3.23. The zero-order valence-electron chi connectivity index (χ0n) is 13.2. The van der Waals surface area contributed by atoms with Crippen LogP contribution in [0.4, 0.5) is 10.5 Å². The van der Waals surface area contributed by atoms with E-state index in [4.69, 9.17) is 0 Å². The summed E-state index contributed by atoms with van der Waals surface area (Å²) in [6.07, 6.45) is 3.23. The first-order valence-electron chi connectivity index (χ1n) is 7.72. The Kier molecular flexibility index (Phi) is 5.27. The summed E-state index contributed by atoms with van der Waals surface area (Å²) in [4.78, 5) is 18.1. The molecule has 0 saturated carbocycles. The number of anilines is 1. The number of hydrogen-bond donors (Lipinski definition) is 3. The summed E-state index contributed by atoms with van der Waals surface area (Å²) in [5.41, 5.74) is 0.662. The smallest absolute Gasteiger partial charge is 0.319 e. The molecular weight excluding hydrogens is 312 g/mol. The Morgan fingerprint density at radius 2 is 2.26 bits per heavy atom. The number of carbonyl (C=O) groups is 1. The normalized spacial score (nSPS) is 17.8. The number of urea groups is 1. The van der Waals surface area contributed by atoms with E-state index in [1.54, 1.807) is 23.7 Å². The number of piperazine rings is 1. The van der Waals surface area contributed by atoms with Gasteiger partial charge in [0.05, 0.1) is 17.9 Å². The van der Waals surface area contributed by atoms with Crippen molar-refractivity contribution in [1.82, 2.24) is 25.3 Å². The van der Waals surface area contributed by atoms with Crippen LogP contribution in [-0.4, -0.2) is 65.8 Å². The van der Waals surface area contributed by atoms with E-state index in [-0.39, 0.29) is 12.1 Å². The lowest BCUT2D eigenvalue weighted by Crippen LogP contribution is -2.48. The molecule has 0 bridgehead atoms. The molecule has 7 nitrogen and oxygen atoms in total. The number of aromatic amines is 1. The van der Waals surface area contributed by atoms with Gasteiger partial charge in [0, 0.05) is 43.8 Å². The van der Waals surface area contributed by atoms with Gasteiger partial charge in [-0.15, -0.1) is 11.3 Å². The van der Waals surface area contributed by atoms with E-state index in [9.17, 15) is 4.79 Å². The van der Waals surface area contributed by atoms with Crippen molar-refractivity contribution < 1.29 is 4.79 Å². The van der Waals surface area contributed by atoms with Crippen LogP contribution in [0.2, 0.25) is 0 Å². The number of amides is 2. The lowest BCUT2D eigenvalue weighted by atomic mass is 10.1. The molecule has 3 N–H and O–H groups in total. The zero-order chi connectivity index (χ0) is 16.1. The minimum atomic E-state index is -0.206. The van der Waals surface area contributed by atoms with Crippen molar-refractivity contribution in [3.8, 4) is 0 Å². The maximum atomic E-state index is 12.0. The number of nitrogens with zero attached hydrogens (tertiary/aromatic N) is 3. The van der Waals surface area contributed by atoms with Crippen LogP contribution < -0.4 is 10.6 Å². The Morgan fingerprint density at radius 3 is 2.91 bits per heavy atom. The molecule has 0 radical (unpaired) electrons. The maximum absolute atomic E-state index is 12.0. The third-order valence-electron chi connectivity index (χ3n) is 4.06. The topological polar surface area (TPSA) is 76.3 Å². The van der Waals surface area contributed by atoms with Crippen molar-refractivity contribution in [3.63, 3.8) is 0 Å². The fraction of sp³-hybridized carbons (Fsp3) is 0.467. The summed E-state index contributed by atoms with van der Waals surface area (Å²) in [6, 6.07) is 4.22. The van der Waals surface area contributed by atoms with Gasteiger partial charge < -0.3 is 15.5 Å². The Balaban J connectivity index is 1.59. The van der Waals surface area contributed by atoms with Crippen LogP contribution in [-0.2, 0) is 0 Å². The molecule has 1 aliphatic rings. The lowest BCUT2D eigenvalue weighted by Gasteiger charge is -2.37. The van der Waals surface area contributed by atoms with Gasteiger partial charge in [0.15, 0.2) is 0 Å². The van der Waals surface area contributed by atoms with E-state index in [2.05, 4.69) is 55.2 Å². The number of hydrogen-bond acceptors (Lipinski definition) is 5. The molecule has 0 unspecified atom stereocenters. The first-order valence-corrected chi connectivity index (χ1v) is 8.60. The lowest BCUT2D eigenvalue weighted by molar-refractivity contribution is 0.113. The fourth-order valence-electron chi connectivity index (χ4n) is 2.71. The first-order chi connectivity index (χ1) is 11.2. The van der Waals surface area contributed by atoms with Crippen LogP contribution in [0.5, 0.6) is 0 Å². The first kappa shape index (κ1) is 16.0. The monoisotopic (exact) mass is 334 g/mol. The molecule has 3 rings (SSSR count). The molecule has 1 fully saturated rings. The molecule has 1 atom stereocenters. The molecule has 0 aromatic carbocycles. The molecule has 8 heteroatoms. The quantitative estimate of drug-likeness (QED) is 0.776. The van der Waals surface area contributed by atoms with Crippen LogP contribution in [0.3, 0.4) is 0 Å². The highest BCUT2D eigenvalue weighted by Gasteiger charge is 2.25. The highest BCUT2D eigenvalue weighted by Crippen LogP contribution is 2.25. The largest absolute Gasteiger partial charge is 0.336 e. The summed E-state index contributed by atoms with van der Waals surface area (Å²) < 4.78 is 0. The number of likely N-dealkylation sites (N-methyl/N-ethyl adjacent to an activating group) is 1. The zero-order valence-corrected chi connectivity index (χ0v) is 14.0. The second kappa shape index (κ2) is 7.58. The van der Waals surface area contributed by atoms with Crippen LogP contribution in [0.25, 0.3) is 0 Å². The molecule has 3 heterocycles. The number of nitrogens with one attached hydrogen (secondary N) is 3. The van der Waals surface area contributed by atoms with Gasteiger partial charge in [-0.3, -0.25) is 10.00 Å². The van der Waals surface area contributed by atoms with Crippen molar-refractivity contribution in [2.75, 3.05) is 45.1 Å². The Bertz CT molecular complexity index is 592. The number of rotatable bonds is 5. The SMILES string of the molecule is CN1CCN([C@@H](CNC(=O)Nc2cn[nH]c2)c2cccs2)CC1. The van der Waals surface area contributed by atoms with E-state index in [0.717, 1.165) is 26.2 Å². The van der Waals surface area contributed by atoms with E-state index >= 15 is 0 Å². The van der Waals surface area contributed by atoms with Crippen molar-refractivity contribution in [3.05, 3.63) is 34.8 Å². The van der Waals surface area contributed by atoms with Crippen LogP contribution >= 0.6 is 11.3 Å². The number of thiophene rings is 1. The third-order valence-corrected chi connectivity index (χ3v) is 5.04. The number of carbonyl (C=O) groups excluding carboxylic acids is 1. The van der Waals surface area contributed by atoms with E-state index in [1.165, 1.54) is 4.88 Å². The van der Waals surface area contributed by atoms with E-state index in [1.807, 2.05) is 0 Å². The molecule has 1 aliphatic heterocycles. The van der Waals surface area contributed by atoms with Crippen molar-refractivity contribution >= 4 is 23.1 Å². The Labute approximate surface area is 139 Å². The molecule has 2 amide bonds. The summed E-state index contributed by atoms with van der Waals surface area (Å²) in [7, 11) is 2.15.